The van der Waals surface area contributed by atoms with E-state index in [4.69, 9.17) is 4.74 Å². The first-order valence-corrected chi connectivity index (χ1v) is 12.6. The fraction of sp³-hybridized carbons (Fsp3) is 0.250. The molecular weight excluding hydrogens is 507 g/mol. The summed E-state index contributed by atoms with van der Waals surface area (Å²) in [6.07, 6.45) is -2.48. The highest BCUT2D eigenvalue weighted by atomic mass is 35.5. The zero-order chi connectivity index (χ0) is 26.1. The van der Waals surface area contributed by atoms with Crippen LogP contribution >= 0.6 is 12.4 Å². The number of rotatable bonds is 11. The van der Waals surface area contributed by atoms with Crippen LogP contribution in [0.5, 0.6) is 5.75 Å². The standard InChI is InChI=1S/C32H32F3NO.ClH/c1-24(36-20-19-31(27-10-4-2-5-11-27)28-12-6-3-7-13-28)21-25-15-17-30(18-16-25)37-23-26-9-8-14-29(22-26)32(33,34)35;/h2-18,22,24,31,36H,19-21,23H2,1H3;1H. The van der Waals surface area contributed by atoms with Crippen molar-refractivity contribution >= 4 is 12.4 Å². The van der Waals surface area contributed by atoms with Crippen LogP contribution in [0.25, 0.3) is 0 Å². The van der Waals surface area contributed by atoms with Crippen LogP contribution in [-0.4, -0.2) is 12.6 Å². The highest BCUT2D eigenvalue weighted by Gasteiger charge is 2.30. The third kappa shape index (κ3) is 8.64. The van der Waals surface area contributed by atoms with Crippen LogP contribution in [0, 0.1) is 0 Å². The highest BCUT2D eigenvalue weighted by Crippen LogP contribution is 2.30. The Hall–Kier alpha value is -3.28. The Bertz CT molecular complexity index is 1190. The molecule has 0 bridgehead atoms. The Kier molecular flexibility index (Phi) is 10.8. The quantitative estimate of drug-likeness (QED) is 0.206. The molecule has 6 heteroatoms. The second-order valence-electron chi connectivity index (χ2n) is 9.35. The van der Waals surface area contributed by atoms with Gasteiger partial charge in [-0.3, -0.25) is 0 Å². The molecule has 0 aliphatic heterocycles. The molecule has 0 aromatic heterocycles. The van der Waals surface area contributed by atoms with Gasteiger partial charge < -0.3 is 10.1 Å². The number of ether oxygens (including phenoxy) is 1. The average Bonchev–Trinajstić information content (AvgIpc) is 2.91. The van der Waals surface area contributed by atoms with Gasteiger partial charge in [-0.2, -0.15) is 13.2 Å². The molecule has 0 fully saturated rings. The maximum absolute atomic E-state index is 12.9. The maximum Gasteiger partial charge on any atom is 0.416 e. The van der Waals surface area contributed by atoms with E-state index in [2.05, 4.69) is 60.8 Å². The lowest BCUT2D eigenvalue weighted by Crippen LogP contribution is -2.30. The van der Waals surface area contributed by atoms with E-state index >= 15 is 0 Å². The lowest BCUT2D eigenvalue weighted by atomic mass is 9.88. The van der Waals surface area contributed by atoms with E-state index in [1.165, 1.54) is 22.8 Å². The van der Waals surface area contributed by atoms with Crippen LogP contribution in [0.1, 0.15) is 47.1 Å². The van der Waals surface area contributed by atoms with E-state index in [-0.39, 0.29) is 19.0 Å². The Morgan fingerprint density at radius 1 is 0.737 bits per heavy atom. The molecule has 1 N–H and O–H groups in total. The van der Waals surface area contributed by atoms with Crippen LogP contribution in [0.3, 0.4) is 0 Å². The number of benzene rings is 4. The highest BCUT2D eigenvalue weighted by molar-refractivity contribution is 5.85. The second-order valence-corrected chi connectivity index (χ2v) is 9.35. The minimum atomic E-state index is -4.35. The molecule has 0 saturated heterocycles. The molecule has 0 saturated carbocycles. The molecule has 200 valence electrons. The van der Waals surface area contributed by atoms with Gasteiger partial charge in [0, 0.05) is 12.0 Å². The van der Waals surface area contributed by atoms with Crippen LogP contribution < -0.4 is 10.1 Å². The number of halogens is 4. The van der Waals surface area contributed by atoms with Gasteiger partial charge in [-0.1, -0.05) is 84.9 Å². The van der Waals surface area contributed by atoms with Gasteiger partial charge in [0.25, 0.3) is 0 Å². The zero-order valence-electron chi connectivity index (χ0n) is 21.3. The number of alkyl halides is 3. The smallest absolute Gasteiger partial charge is 0.416 e. The summed E-state index contributed by atoms with van der Waals surface area (Å²) in [6.45, 7) is 3.16. The van der Waals surface area contributed by atoms with Gasteiger partial charge in [0.15, 0.2) is 0 Å². The minimum absolute atomic E-state index is 0. The third-order valence-corrected chi connectivity index (χ3v) is 6.45. The summed E-state index contributed by atoms with van der Waals surface area (Å²) in [7, 11) is 0. The van der Waals surface area contributed by atoms with Gasteiger partial charge in [-0.25, -0.2) is 0 Å². The van der Waals surface area contributed by atoms with Crippen molar-refractivity contribution in [3.8, 4) is 5.75 Å². The summed E-state index contributed by atoms with van der Waals surface area (Å²) in [6, 6.07) is 34.5. The number of hydrogen-bond donors (Lipinski definition) is 1. The van der Waals surface area contributed by atoms with Gasteiger partial charge in [0.1, 0.15) is 12.4 Å². The van der Waals surface area contributed by atoms with Gasteiger partial charge in [0.05, 0.1) is 5.56 Å². The Balaban J connectivity index is 0.00000400. The first-order chi connectivity index (χ1) is 17.9. The molecule has 0 heterocycles. The molecule has 0 spiro atoms. The summed E-state index contributed by atoms with van der Waals surface area (Å²) < 4.78 is 44.4. The molecule has 38 heavy (non-hydrogen) atoms. The normalized spacial score (nSPS) is 12.1. The fourth-order valence-electron chi connectivity index (χ4n) is 4.52. The maximum atomic E-state index is 12.9. The van der Waals surface area contributed by atoms with E-state index in [1.54, 1.807) is 6.07 Å². The van der Waals surface area contributed by atoms with Crippen LogP contribution in [0.15, 0.2) is 109 Å². The lowest BCUT2D eigenvalue weighted by Gasteiger charge is -2.20. The lowest BCUT2D eigenvalue weighted by molar-refractivity contribution is -0.137. The Morgan fingerprint density at radius 2 is 1.34 bits per heavy atom. The van der Waals surface area contributed by atoms with Crippen molar-refractivity contribution in [3.05, 3.63) is 137 Å². The predicted octanol–water partition coefficient (Wildman–Crippen LogP) is 8.45. The first kappa shape index (κ1) is 29.3. The first-order valence-electron chi connectivity index (χ1n) is 12.6. The van der Waals surface area contributed by atoms with Gasteiger partial charge >= 0.3 is 6.18 Å². The van der Waals surface area contributed by atoms with E-state index in [0.29, 0.717) is 23.3 Å². The van der Waals surface area contributed by atoms with Crippen molar-refractivity contribution in [1.82, 2.24) is 5.32 Å². The monoisotopic (exact) mass is 539 g/mol. The van der Waals surface area contributed by atoms with Gasteiger partial charge in [-0.05, 0) is 72.8 Å². The Labute approximate surface area is 229 Å². The average molecular weight is 540 g/mol. The van der Waals surface area contributed by atoms with Crippen LogP contribution in [-0.2, 0) is 19.2 Å². The molecule has 0 amide bonds. The van der Waals surface area contributed by atoms with Crippen molar-refractivity contribution in [2.24, 2.45) is 0 Å². The topological polar surface area (TPSA) is 21.3 Å². The molecule has 4 rings (SSSR count). The Morgan fingerprint density at radius 3 is 1.92 bits per heavy atom. The van der Waals surface area contributed by atoms with E-state index in [9.17, 15) is 13.2 Å². The van der Waals surface area contributed by atoms with Crippen molar-refractivity contribution in [1.29, 1.82) is 0 Å². The summed E-state index contributed by atoms with van der Waals surface area (Å²) in [5.74, 6) is 0.977. The molecule has 2 nitrogen and oxygen atoms in total. The van der Waals surface area contributed by atoms with Crippen molar-refractivity contribution in [3.63, 3.8) is 0 Å². The van der Waals surface area contributed by atoms with Crippen LogP contribution in [0.4, 0.5) is 13.2 Å². The van der Waals surface area contributed by atoms with Gasteiger partial charge in [0.2, 0.25) is 0 Å². The van der Waals surface area contributed by atoms with Crippen molar-refractivity contribution < 1.29 is 17.9 Å². The SMILES string of the molecule is CC(Cc1ccc(OCc2cccc(C(F)(F)F)c2)cc1)NCCC(c1ccccc1)c1ccccc1.Cl. The fourth-order valence-corrected chi connectivity index (χ4v) is 4.52. The van der Waals surface area contributed by atoms with Crippen molar-refractivity contribution in [2.45, 2.75) is 44.5 Å². The largest absolute Gasteiger partial charge is 0.489 e. The third-order valence-electron chi connectivity index (χ3n) is 6.45. The summed E-state index contributed by atoms with van der Waals surface area (Å²) >= 11 is 0. The molecule has 4 aromatic carbocycles. The summed E-state index contributed by atoms with van der Waals surface area (Å²) in [5.41, 5.74) is 3.65. The van der Waals surface area contributed by atoms with E-state index in [0.717, 1.165) is 31.5 Å². The summed E-state index contributed by atoms with van der Waals surface area (Å²) in [4.78, 5) is 0. The molecule has 0 aliphatic rings. The molecule has 0 aliphatic carbocycles. The molecule has 4 aromatic rings. The van der Waals surface area contributed by atoms with Gasteiger partial charge in [-0.15, -0.1) is 12.4 Å². The number of hydrogen-bond acceptors (Lipinski definition) is 2. The zero-order valence-corrected chi connectivity index (χ0v) is 22.1. The molecule has 0 radical (unpaired) electrons. The molecular formula is C32H33ClF3NO. The van der Waals surface area contributed by atoms with Crippen molar-refractivity contribution in [2.75, 3.05) is 6.54 Å². The summed E-state index contributed by atoms with van der Waals surface area (Å²) in [5, 5.41) is 3.66. The molecule has 1 atom stereocenters. The van der Waals surface area contributed by atoms with Crippen LogP contribution in [0.2, 0.25) is 0 Å². The number of nitrogens with one attached hydrogen (secondary N) is 1. The predicted molar refractivity (Wildman–Crippen MR) is 150 cm³/mol. The second kappa shape index (κ2) is 14.0. The molecule has 1 unspecified atom stereocenters. The van der Waals surface area contributed by atoms with E-state index < -0.39 is 11.7 Å². The van der Waals surface area contributed by atoms with E-state index in [1.807, 2.05) is 36.4 Å². The minimum Gasteiger partial charge on any atom is -0.489 e.